The summed E-state index contributed by atoms with van der Waals surface area (Å²) >= 11 is 0. The first-order valence-corrected chi connectivity index (χ1v) is 28.7. The molecule has 6 aromatic carbocycles. The van der Waals surface area contributed by atoms with Crippen LogP contribution in [0.1, 0.15) is 52.1 Å². The molecule has 0 spiro atoms. The highest BCUT2D eigenvalue weighted by Gasteiger charge is 2.45. The van der Waals surface area contributed by atoms with Gasteiger partial charge >= 0.3 is 5.97 Å². The highest BCUT2D eigenvalue weighted by Crippen LogP contribution is 2.34. The van der Waals surface area contributed by atoms with Crippen molar-refractivity contribution in [3.63, 3.8) is 0 Å². The number of hydrogen-bond donors (Lipinski definition) is 8. The molecule has 5 heterocycles. The van der Waals surface area contributed by atoms with Gasteiger partial charge < -0.3 is 24.4 Å². The van der Waals surface area contributed by atoms with Gasteiger partial charge in [-0.1, -0.05) is 72.8 Å². The fraction of sp³-hybridized carbons (Fsp3) is 0.311. The maximum atomic E-state index is 11.9. The highest BCUT2D eigenvalue weighted by atomic mass is 32.2. The monoisotopic (exact) mass is 1200 g/mol. The predicted molar refractivity (Wildman–Crippen MR) is 321 cm³/mol. The topological polar surface area (TPSA) is 301 Å². The smallest absolute Gasteiger partial charge is 0.302 e. The zero-order chi connectivity index (χ0) is 62.2. The average Bonchev–Trinajstić information content (AvgIpc) is 2.82. The van der Waals surface area contributed by atoms with Crippen LogP contribution in [0.3, 0.4) is 0 Å². The van der Waals surface area contributed by atoms with Crippen LogP contribution in [0.15, 0.2) is 169 Å². The van der Waals surface area contributed by atoms with Gasteiger partial charge in [0.15, 0.2) is 0 Å². The van der Waals surface area contributed by atoms with E-state index in [1.54, 1.807) is 55.0 Å². The number of aliphatic hydroxyl groups is 2. The number of hydrazine groups is 5. The van der Waals surface area contributed by atoms with Gasteiger partial charge in [-0.2, -0.15) is 8.42 Å². The van der Waals surface area contributed by atoms with Crippen LogP contribution in [0.25, 0.3) is 0 Å². The van der Waals surface area contributed by atoms with Crippen molar-refractivity contribution in [2.45, 2.75) is 51.5 Å². The summed E-state index contributed by atoms with van der Waals surface area (Å²) < 4.78 is 45.5. The van der Waals surface area contributed by atoms with Gasteiger partial charge in [-0.15, -0.1) is 0 Å². The maximum Gasteiger partial charge on any atom is 0.302 e. The number of methoxy groups -OCH3 is 2. The van der Waals surface area contributed by atoms with Gasteiger partial charge in [-0.05, 0) is 111 Å². The van der Waals surface area contributed by atoms with E-state index in [1.165, 1.54) is 31.2 Å². The molecule has 5 aliphatic heterocycles. The summed E-state index contributed by atoms with van der Waals surface area (Å²) in [5, 5.41) is 27.3. The zero-order valence-corrected chi connectivity index (χ0v) is 49.3. The molecular formula is C61H72N10O14S. The molecule has 25 heteroatoms. The Balaban J connectivity index is 0.000000154. The summed E-state index contributed by atoms with van der Waals surface area (Å²) in [7, 11) is -0.956. The number of nitrogens with zero attached hydrogens (tertiary/aromatic N) is 5. The number of benzene rings is 6. The van der Waals surface area contributed by atoms with Crippen molar-refractivity contribution in [2.75, 3.05) is 85.3 Å². The van der Waals surface area contributed by atoms with Gasteiger partial charge in [0.2, 0.25) is 29.5 Å². The molecule has 0 saturated carbocycles. The van der Waals surface area contributed by atoms with Crippen molar-refractivity contribution < 1.29 is 66.2 Å². The van der Waals surface area contributed by atoms with E-state index in [0.717, 1.165) is 39.8 Å². The minimum absolute atomic E-state index is 0.0627. The number of carbonyl (C=O) groups is 6. The second kappa shape index (κ2) is 28.4. The molecule has 5 aliphatic rings. The van der Waals surface area contributed by atoms with Gasteiger partial charge in [0.1, 0.15) is 23.5 Å². The summed E-state index contributed by atoms with van der Waals surface area (Å²) in [6.45, 7) is 8.29. The number of ether oxygens (including phenoxy) is 3. The molecule has 4 unspecified atom stereocenters. The number of anilines is 5. The SMILES string of the molecule is CC(=O)OCC1(C)CN(c2ccccc2)NC1=O.COc1ccc(N2CC(C)(CO)C(=O)N2)cc1.COc1cccc(N2CC(C)(CO)C(=O)N2)c1.O=C1CC(c2ccccc2)N(c2ccccc2)N1.O=C1CCN(c2ccc(S(=O)(=O)O)cc2)N1. The number of rotatable bonds is 13. The molecule has 5 amide bonds. The largest absolute Gasteiger partial charge is 0.497 e. The Morgan fingerprint density at radius 1 is 0.535 bits per heavy atom. The summed E-state index contributed by atoms with van der Waals surface area (Å²) in [5.41, 5.74) is 17.1. The van der Waals surface area contributed by atoms with E-state index in [9.17, 15) is 47.4 Å². The Morgan fingerprint density at radius 2 is 0.988 bits per heavy atom. The fourth-order valence-corrected chi connectivity index (χ4v) is 9.63. The molecule has 24 nitrogen and oxygen atoms in total. The normalized spacial score (nSPS) is 21.1. The molecule has 0 bridgehead atoms. The third-order valence-corrected chi connectivity index (χ3v) is 15.3. The Hall–Kier alpha value is -9.43. The standard InChI is InChI=1S/C15H14N2O.C13H16N2O3.2C12H16N2O3.C9H10N2O4S/c18-15-11-14(12-7-3-1-4-8-12)17(16-15)13-9-5-2-6-10-13;1-10(16)18-9-13(2)8-15(14-12(13)17)11-6-4-3-5-7-11;1-12(8-15)7-14(13-11(12)16)9-3-5-10(17-2)6-4-9;1-12(8-15)7-14(13-11(12)16)9-4-3-5-10(6-9)17-2;12-9-5-6-11(10-9)7-1-3-8(4-2-7)16(13,14)15/h1-10,14H,11H2,(H,16,18);3-7H,8-9H2,1-2H3,(H,14,17);2*3-6,15H,7-8H2,1-2H3,(H,13,16);1-4H,5-6H2,(H,10,12)(H,13,14,15). The number of hydrogen-bond acceptors (Lipinski definition) is 18. The minimum atomic E-state index is -4.16. The molecule has 0 radical (unpaired) electrons. The molecular weight excluding hydrogens is 1130 g/mol. The van der Waals surface area contributed by atoms with E-state index in [2.05, 4.69) is 39.3 Å². The van der Waals surface area contributed by atoms with Crippen molar-refractivity contribution in [3.05, 3.63) is 169 Å². The van der Waals surface area contributed by atoms with E-state index in [1.807, 2.05) is 132 Å². The molecule has 0 aromatic heterocycles. The van der Waals surface area contributed by atoms with Gasteiger partial charge in [0.25, 0.3) is 10.1 Å². The molecule has 11 rings (SSSR count). The number of amides is 5. The van der Waals surface area contributed by atoms with Gasteiger partial charge in [-0.25, -0.2) is 0 Å². The summed E-state index contributed by atoms with van der Waals surface area (Å²) in [6.07, 6.45) is 0.916. The van der Waals surface area contributed by atoms with E-state index >= 15 is 0 Å². The van der Waals surface area contributed by atoms with Crippen LogP contribution < -0.4 is 61.6 Å². The molecule has 86 heavy (non-hydrogen) atoms. The quantitative estimate of drug-likeness (QED) is 0.0555. The van der Waals surface area contributed by atoms with Crippen LogP contribution in [-0.4, -0.2) is 119 Å². The van der Waals surface area contributed by atoms with Crippen molar-refractivity contribution in [3.8, 4) is 11.5 Å². The molecule has 456 valence electrons. The van der Waals surface area contributed by atoms with Gasteiger partial charge in [-0.3, -0.25) is 85.5 Å². The summed E-state index contributed by atoms with van der Waals surface area (Å²) in [5.74, 6) is 0.665. The van der Waals surface area contributed by atoms with Crippen LogP contribution in [-0.2, 0) is 43.6 Å². The predicted octanol–water partition coefficient (Wildman–Crippen LogP) is 5.04. The van der Waals surface area contributed by atoms with Crippen molar-refractivity contribution in [1.82, 2.24) is 27.1 Å². The highest BCUT2D eigenvalue weighted by molar-refractivity contribution is 7.85. The molecule has 4 atom stereocenters. The van der Waals surface area contributed by atoms with Gasteiger partial charge in [0.05, 0.1) is 104 Å². The lowest BCUT2D eigenvalue weighted by molar-refractivity contribution is -0.146. The first kappa shape index (κ1) is 64.1. The third-order valence-electron chi connectivity index (χ3n) is 14.4. The maximum absolute atomic E-state index is 11.9. The van der Waals surface area contributed by atoms with Crippen molar-refractivity contribution in [2.24, 2.45) is 16.2 Å². The van der Waals surface area contributed by atoms with E-state index in [4.69, 9.17) is 18.8 Å². The number of para-hydroxylation sites is 2. The number of aliphatic hydroxyl groups excluding tert-OH is 2. The number of esters is 1. The Kier molecular flexibility index (Phi) is 21.2. The molecule has 5 saturated heterocycles. The summed E-state index contributed by atoms with van der Waals surface area (Å²) in [4.78, 5) is 68.7. The van der Waals surface area contributed by atoms with Crippen molar-refractivity contribution >= 4 is 74.1 Å². The third kappa shape index (κ3) is 16.5. The van der Waals surface area contributed by atoms with Crippen LogP contribution in [0.2, 0.25) is 0 Å². The van der Waals surface area contributed by atoms with Crippen LogP contribution in [0.5, 0.6) is 11.5 Å². The molecule has 8 N–H and O–H groups in total. The Bertz CT molecular complexity index is 3360. The second-order valence-corrected chi connectivity index (χ2v) is 22.8. The van der Waals surface area contributed by atoms with E-state index in [0.29, 0.717) is 44.7 Å². The average molecular weight is 1200 g/mol. The number of carbonyl (C=O) groups excluding carboxylic acids is 6. The molecule has 0 aliphatic carbocycles. The van der Waals surface area contributed by atoms with Gasteiger partial charge in [0, 0.05) is 26.0 Å². The first-order valence-electron chi connectivity index (χ1n) is 27.3. The van der Waals surface area contributed by atoms with Crippen LogP contribution >= 0.6 is 0 Å². The molecule has 6 aromatic rings. The Morgan fingerprint density at radius 3 is 1.47 bits per heavy atom. The lowest BCUT2D eigenvalue weighted by atomic mass is 9.92. The zero-order valence-electron chi connectivity index (χ0n) is 48.5. The van der Waals surface area contributed by atoms with E-state index < -0.39 is 26.4 Å². The second-order valence-electron chi connectivity index (χ2n) is 21.4. The molecule has 5 fully saturated rings. The van der Waals surface area contributed by atoms with Crippen LogP contribution in [0, 0.1) is 16.2 Å². The van der Waals surface area contributed by atoms with Crippen LogP contribution in [0.4, 0.5) is 28.4 Å². The summed E-state index contributed by atoms with van der Waals surface area (Å²) in [6, 6.07) is 50.1. The lowest BCUT2D eigenvalue weighted by Crippen LogP contribution is -2.35. The lowest BCUT2D eigenvalue weighted by Gasteiger charge is -2.25. The minimum Gasteiger partial charge on any atom is -0.497 e. The fourth-order valence-electron chi connectivity index (χ4n) is 9.15. The van der Waals surface area contributed by atoms with Crippen molar-refractivity contribution in [1.29, 1.82) is 0 Å². The number of nitrogens with one attached hydrogen (secondary N) is 5. The Labute approximate surface area is 499 Å². The van der Waals surface area contributed by atoms with E-state index in [-0.39, 0.29) is 66.3 Å². The first-order chi connectivity index (χ1) is 41.0.